The highest BCUT2D eigenvalue weighted by Gasteiger charge is 2.33. The van der Waals surface area contributed by atoms with Crippen LogP contribution in [0.3, 0.4) is 0 Å². The maximum atomic E-state index is 12.8. The molecule has 0 amide bonds. The summed E-state index contributed by atoms with van der Waals surface area (Å²) in [5.41, 5.74) is -0.452. The lowest BCUT2D eigenvalue weighted by atomic mass is 10.0. The van der Waals surface area contributed by atoms with Crippen molar-refractivity contribution in [1.82, 2.24) is 9.97 Å². The Labute approximate surface area is 146 Å². The molecule has 1 heterocycles. The first-order valence-corrected chi connectivity index (χ1v) is 7.33. The van der Waals surface area contributed by atoms with Crippen molar-refractivity contribution < 1.29 is 32.5 Å². The maximum Gasteiger partial charge on any atom is 0.433 e. The molecule has 0 spiro atoms. The molecular weight excluding hydrogens is 353 g/mol. The molecule has 0 fully saturated rings. The van der Waals surface area contributed by atoms with E-state index >= 15 is 0 Å². The zero-order valence-corrected chi connectivity index (χ0v) is 13.9. The van der Waals surface area contributed by atoms with Crippen LogP contribution in [0, 0.1) is 6.92 Å². The summed E-state index contributed by atoms with van der Waals surface area (Å²) < 4.78 is 48.4. The van der Waals surface area contributed by atoms with Crippen LogP contribution in [0.5, 0.6) is 5.88 Å². The van der Waals surface area contributed by atoms with Gasteiger partial charge in [0, 0.05) is 6.07 Å². The maximum absolute atomic E-state index is 12.8. The predicted molar refractivity (Wildman–Crippen MR) is 85.2 cm³/mol. The molecule has 26 heavy (non-hydrogen) atoms. The first-order chi connectivity index (χ1) is 12.3. The quantitative estimate of drug-likeness (QED) is 0.495. The number of carbonyl (C=O) groups excluding carboxylic acids is 1. The highest BCUT2D eigenvalue weighted by Crippen LogP contribution is 2.30. The fraction of sp³-hybridized carbons (Fsp3) is 0.235. The van der Waals surface area contributed by atoms with Crippen molar-refractivity contribution in [1.29, 1.82) is 0 Å². The van der Waals surface area contributed by atoms with E-state index in [-0.39, 0.29) is 23.9 Å². The number of rotatable bonds is 5. The van der Waals surface area contributed by atoms with Gasteiger partial charge < -0.3 is 14.6 Å². The molecule has 0 unspecified atom stereocenters. The largest absolute Gasteiger partial charge is 0.515 e. The first-order valence-electron chi connectivity index (χ1n) is 7.33. The summed E-state index contributed by atoms with van der Waals surface area (Å²) in [5, 5.41) is 9.30. The summed E-state index contributed by atoms with van der Waals surface area (Å²) in [4.78, 5) is 18.9. The van der Waals surface area contributed by atoms with Gasteiger partial charge in [0.25, 0.3) is 0 Å². The molecular formula is C17H15F3N2O4. The minimum Gasteiger partial charge on any atom is -0.515 e. The zero-order valence-electron chi connectivity index (χ0n) is 13.9. The average molecular weight is 368 g/mol. The van der Waals surface area contributed by atoms with Gasteiger partial charge in [0.2, 0.25) is 5.88 Å². The predicted octanol–water partition coefficient (Wildman–Crippen LogP) is 3.45. The standard InChI is InChI=1S/C17H15F3N2O4/c1-10-21-14(17(18,19)20)7-15(22-10)26-9-11-5-3-4-6-12(11)13(8-23)16(24)25-2/h3-8,23H,9H2,1-2H3. The third-order valence-corrected chi connectivity index (χ3v) is 3.32. The van der Waals surface area contributed by atoms with Crippen LogP contribution >= 0.6 is 0 Å². The second kappa shape index (κ2) is 7.85. The third kappa shape index (κ3) is 4.50. The summed E-state index contributed by atoms with van der Waals surface area (Å²) in [6, 6.07) is 7.12. The highest BCUT2D eigenvalue weighted by molar-refractivity contribution is 6.16. The van der Waals surface area contributed by atoms with E-state index in [0.717, 1.165) is 7.11 Å². The van der Waals surface area contributed by atoms with E-state index in [0.29, 0.717) is 23.5 Å². The Kier molecular flexibility index (Phi) is 5.81. The van der Waals surface area contributed by atoms with Crippen molar-refractivity contribution in [3.63, 3.8) is 0 Å². The van der Waals surface area contributed by atoms with Gasteiger partial charge in [-0.3, -0.25) is 0 Å². The number of aliphatic hydroxyl groups is 1. The van der Waals surface area contributed by atoms with Crippen LogP contribution in [0.2, 0.25) is 0 Å². The van der Waals surface area contributed by atoms with Crippen LogP contribution in [-0.2, 0) is 22.3 Å². The number of aromatic nitrogens is 2. The van der Waals surface area contributed by atoms with Crippen molar-refractivity contribution in [3.8, 4) is 5.88 Å². The van der Waals surface area contributed by atoms with Crippen LogP contribution < -0.4 is 4.74 Å². The summed E-state index contributed by atoms with van der Waals surface area (Å²) in [6.07, 6.45) is -4.03. The average Bonchev–Trinajstić information content (AvgIpc) is 2.60. The van der Waals surface area contributed by atoms with E-state index in [4.69, 9.17) is 4.74 Å². The van der Waals surface area contributed by atoms with E-state index in [9.17, 15) is 23.1 Å². The smallest absolute Gasteiger partial charge is 0.433 e. The molecule has 0 radical (unpaired) electrons. The van der Waals surface area contributed by atoms with E-state index in [1.807, 2.05) is 0 Å². The molecule has 0 bridgehead atoms. The van der Waals surface area contributed by atoms with E-state index in [1.54, 1.807) is 24.3 Å². The number of carbonyl (C=O) groups is 1. The first kappa shape index (κ1) is 19.2. The molecule has 138 valence electrons. The molecule has 0 aliphatic heterocycles. The van der Waals surface area contributed by atoms with Crippen LogP contribution in [0.4, 0.5) is 13.2 Å². The summed E-state index contributed by atoms with van der Waals surface area (Å²) in [5.74, 6) is -1.11. The van der Waals surface area contributed by atoms with Crippen molar-refractivity contribution in [2.45, 2.75) is 19.7 Å². The van der Waals surface area contributed by atoms with Crippen molar-refractivity contribution in [2.75, 3.05) is 7.11 Å². The van der Waals surface area contributed by atoms with Crippen molar-refractivity contribution >= 4 is 11.5 Å². The molecule has 0 saturated heterocycles. The molecule has 2 rings (SSSR count). The normalized spacial score (nSPS) is 12.0. The van der Waals surface area contributed by atoms with Crippen LogP contribution in [-0.4, -0.2) is 28.2 Å². The van der Waals surface area contributed by atoms with Gasteiger partial charge in [0.1, 0.15) is 18.0 Å². The Hall–Kier alpha value is -3.10. The number of esters is 1. The zero-order chi connectivity index (χ0) is 19.3. The lowest BCUT2D eigenvalue weighted by Crippen LogP contribution is -2.11. The monoisotopic (exact) mass is 368 g/mol. The summed E-state index contributed by atoms with van der Waals surface area (Å²) >= 11 is 0. The Morgan fingerprint density at radius 1 is 1.27 bits per heavy atom. The SMILES string of the molecule is COC(=O)C(=CO)c1ccccc1COc1cc(C(F)(F)F)nc(C)n1. The minimum atomic E-state index is -4.62. The molecule has 0 atom stereocenters. The van der Waals surface area contributed by atoms with E-state index in [2.05, 4.69) is 14.7 Å². The Morgan fingerprint density at radius 2 is 1.96 bits per heavy atom. The van der Waals surface area contributed by atoms with Gasteiger partial charge in [0.15, 0.2) is 5.69 Å². The number of hydrogen-bond acceptors (Lipinski definition) is 6. The Bertz CT molecular complexity index is 835. The van der Waals surface area contributed by atoms with E-state index in [1.165, 1.54) is 6.92 Å². The second-order valence-corrected chi connectivity index (χ2v) is 5.12. The van der Waals surface area contributed by atoms with Gasteiger partial charge in [-0.25, -0.2) is 9.78 Å². The Morgan fingerprint density at radius 3 is 2.58 bits per heavy atom. The number of methoxy groups -OCH3 is 1. The molecule has 2 aromatic rings. The van der Waals surface area contributed by atoms with Crippen molar-refractivity contribution in [2.24, 2.45) is 0 Å². The Balaban J connectivity index is 2.29. The molecule has 1 N–H and O–H groups in total. The van der Waals surface area contributed by atoms with E-state index < -0.39 is 17.8 Å². The third-order valence-electron chi connectivity index (χ3n) is 3.32. The molecule has 1 aromatic carbocycles. The molecule has 0 aliphatic carbocycles. The van der Waals surface area contributed by atoms with Crippen LogP contribution in [0.25, 0.3) is 5.57 Å². The lowest BCUT2D eigenvalue weighted by Gasteiger charge is -2.13. The number of alkyl halides is 3. The van der Waals surface area contributed by atoms with Crippen molar-refractivity contribution in [3.05, 3.63) is 59.2 Å². The summed E-state index contributed by atoms with van der Waals surface area (Å²) in [7, 11) is 1.16. The molecule has 1 aromatic heterocycles. The number of benzene rings is 1. The number of halogens is 3. The number of hydrogen-bond donors (Lipinski definition) is 1. The fourth-order valence-electron chi connectivity index (χ4n) is 2.16. The number of aryl methyl sites for hydroxylation is 1. The topological polar surface area (TPSA) is 81.5 Å². The van der Waals surface area contributed by atoms with Crippen LogP contribution in [0.15, 0.2) is 36.6 Å². The van der Waals surface area contributed by atoms with Gasteiger partial charge in [-0.2, -0.15) is 18.2 Å². The second-order valence-electron chi connectivity index (χ2n) is 5.12. The van der Waals surface area contributed by atoms with Gasteiger partial charge in [0.05, 0.1) is 13.4 Å². The fourth-order valence-corrected chi connectivity index (χ4v) is 2.16. The van der Waals surface area contributed by atoms with Gasteiger partial charge in [-0.1, -0.05) is 24.3 Å². The van der Waals surface area contributed by atoms with Gasteiger partial charge in [-0.05, 0) is 18.1 Å². The van der Waals surface area contributed by atoms with Crippen LogP contribution in [0.1, 0.15) is 22.6 Å². The number of nitrogens with zero attached hydrogens (tertiary/aromatic N) is 2. The summed E-state index contributed by atoms with van der Waals surface area (Å²) in [6.45, 7) is 1.14. The molecule has 9 heteroatoms. The minimum absolute atomic E-state index is 0.0892. The highest BCUT2D eigenvalue weighted by atomic mass is 19.4. The lowest BCUT2D eigenvalue weighted by molar-refractivity contribution is -0.141. The molecule has 0 saturated carbocycles. The molecule has 6 nitrogen and oxygen atoms in total. The number of aliphatic hydroxyl groups excluding tert-OH is 1. The van der Waals surface area contributed by atoms with Gasteiger partial charge >= 0.3 is 12.1 Å². The van der Waals surface area contributed by atoms with Gasteiger partial charge in [-0.15, -0.1) is 0 Å². The molecule has 0 aliphatic rings. The number of ether oxygens (including phenoxy) is 2.